The molecule has 29 heavy (non-hydrogen) atoms. The minimum atomic E-state index is -2.96. The van der Waals surface area contributed by atoms with Crippen LogP contribution in [0, 0.1) is 17.0 Å². The van der Waals surface area contributed by atoms with Gasteiger partial charge >= 0.3 is 6.61 Å². The summed E-state index contributed by atoms with van der Waals surface area (Å²) < 4.78 is 29.0. The average molecular weight is 403 g/mol. The maximum atomic E-state index is 12.4. The SMILES string of the molecule is CC.Cc1ccc([N+](=O)[O-])cc1Nc1nccc(-c2cncc(OC(F)F)c2)n1. The van der Waals surface area contributed by atoms with Crippen LogP contribution < -0.4 is 10.1 Å². The molecule has 152 valence electrons. The van der Waals surface area contributed by atoms with Crippen molar-refractivity contribution in [2.45, 2.75) is 27.4 Å². The molecule has 2 heterocycles. The molecule has 0 aliphatic carbocycles. The van der Waals surface area contributed by atoms with E-state index in [1.54, 1.807) is 19.1 Å². The zero-order chi connectivity index (χ0) is 21.4. The lowest BCUT2D eigenvalue weighted by molar-refractivity contribution is -0.384. The van der Waals surface area contributed by atoms with Gasteiger partial charge < -0.3 is 10.1 Å². The normalized spacial score (nSPS) is 10.1. The Labute approximate surface area is 165 Å². The fourth-order valence-electron chi connectivity index (χ4n) is 2.28. The summed E-state index contributed by atoms with van der Waals surface area (Å²) in [7, 11) is 0. The van der Waals surface area contributed by atoms with E-state index >= 15 is 0 Å². The molecule has 2 aromatic heterocycles. The number of pyridine rings is 1. The van der Waals surface area contributed by atoms with Crippen LogP contribution in [0.3, 0.4) is 0 Å². The zero-order valence-corrected chi connectivity index (χ0v) is 16.0. The molecule has 1 N–H and O–H groups in total. The van der Waals surface area contributed by atoms with Crippen molar-refractivity contribution in [2.24, 2.45) is 0 Å². The molecule has 3 aromatic rings. The number of anilines is 2. The van der Waals surface area contributed by atoms with E-state index in [1.807, 2.05) is 13.8 Å². The quantitative estimate of drug-likeness (QED) is 0.450. The van der Waals surface area contributed by atoms with Crippen LogP contribution in [0.1, 0.15) is 19.4 Å². The van der Waals surface area contributed by atoms with E-state index in [2.05, 4.69) is 25.0 Å². The van der Waals surface area contributed by atoms with Gasteiger partial charge in [0.25, 0.3) is 5.69 Å². The van der Waals surface area contributed by atoms with Gasteiger partial charge in [0, 0.05) is 30.1 Å². The molecule has 0 fully saturated rings. The number of hydrogen-bond donors (Lipinski definition) is 1. The van der Waals surface area contributed by atoms with Crippen molar-refractivity contribution in [1.82, 2.24) is 15.0 Å². The number of alkyl halides is 2. The van der Waals surface area contributed by atoms with Gasteiger partial charge in [0.05, 0.1) is 22.5 Å². The molecule has 0 spiro atoms. The molecule has 0 atom stereocenters. The first-order valence-electron chi connectivity index (χ1n) is 8.68. The van der Waals surface area contributed by atoms with Gasteiger partial charge in [0.15, 0.2) is 0 Å². The highest BCUT2D eigenvalue weighted by molar-refractivity contribution is 5.65. The number of hydrogen-bond acceptors (Lipinski definition) is 7. The maximum absolute atomic E-state index is 12.4. The molecule has 0 bridgehead atoms. The predicted molar refractivity (Wildman–Crippen MR) is 104 cm³/mol. The Morgan fingerprint density at radius 1 is 1.17 bits per heavy atom. The molecule has 3 rings (SSSR count). The molecule has 0 saturated carbocycles. The van der Waals surface area contributed by atoms with Crippen LogP contribution in [0.2, 0.25) is 0 Å². The Morgan fingerprint density at radius 2 is 1.93 bits per heavy atom. The molecule has 0 aliphatic rings. The van der Waals surface area contributed by atoms with Crippen LogP contribution >= 0.6 is 0 Å². The average Bonchev–Trinajstić information content (AvgIpc) is 2.71. The molecule has 0 radical (unpaired) electrons. The van der Waals surface area contributed by atoms with Crippen molar-refractivity contribution >= 4 is 17.3 Å². The Kier molecular flexibility index (Phi) is 7.47. The summed E-state index contributed by atoms with van der Waals surface area (Å²) in [6.07, 6.45) is 4.09. The predicted octanol–water partition coefficient (Wildman–Crippen LogP) is 5.13. The Morgan fingerprint density at radius 3 is 2.62 bits per heavy atom. The third kappa shape index (κ3) is 5.89. The number of ether oxygens (including phenoxy) is 1. The van der Waals surface area contributed by atoms with Gasteiger partial charge in [-0.15, -0.1) is 0 Å². The standard InChI is InChI=1S/C17H13F2N5O3.C2H6/c1-10-2-3-12(24(25)26)7-15(10)23-17-21-5-4-14(22-17)11-6-13(9-20-8-11)27-16(18)19;1-2/h2-9,16H,1H3,(H,21,22,23);1-2H3. The van der Waals surface area contributed by atoms with Crippen LogP contribution in [-0.2, 0) is 0 Å². The highest BCUT2D eigenvalue weighted by Crippen LogP contribution is 2.26. The van der Waals surface area contributed by atoms with Crippen molar-refractivity contribution < 1.29 is 18.4 Å². The number of benzene rings is 1. The number of nitrogens with one attached hydrogen (secondary N) is 1. The van der Waals surface area contributed by atoms with Gasteiger partial charge in [0.2, 0.25) is 5.95 Å². The first-order valence-corrected chi connectivity index (χ1v) is 8.68. The molecule has 8 nitrogen and oxygen atoms in total. The van der Waals surface area contributed by atoms with Gasteiger partial charge in [0.1, 0.15) is 5.75 Å². The second-order valence-corrected chi connectivity index (χ2v) is 5.43. The van der Waals surface area contributed by atoms with Crippen LogP contribution in [0.5, 0.6) is 5.75 Å². The fourth-order valence-corrected chi connectivity index (χ4v) is 2.28. The van der Waals surface area contributed by atoms with Crippen LogP contribution in [-0.4, -0.2) is 26.5 Å². The van der Waals surface area contributed by atoms with Crippen molar-refractivity contribution in [3.8, 4) is 17.0 Å². The maximum Gasteiger partial charge on any atom is 0.387 e. The molecule has 1 aromatic carbocycles. The first kappa shape index (κ1) is 21.6. The summed E-state index contributed by atoms with van der Waals surface area (Å²) in [5.74, 6) is 0.0985. The molecular weight excluding hydrogens is 384 g/mol. The molecule has 10 heteroatoms. The number of nitro groups is 1. The number of nitrogens with zero attached hydrogens (tertiary/aromatic N) is 4. The summed E-state index contributed by atoms with van der Waals surface area (Å²) in [6, 6.07) is 7.35. The molecule has 0 unspecified atom stereocenters. The summed E-state index contributed by atoms with van der Waals surface area (Å²) in [6.45, 7) is 2.83. The number of halogens is 2. The Bertz CT molecular complexity index is 986. The summed E-state index contributed by atoms with van der Waals surface area (Å²) in [5.41, 5.74) is 2.05. The summed E-state index contributed by atoms with van der Waals surface area (Å²) >= 11 is 0. The fraction of sp³-hybridized carbons (Fsp3) is 0.211. The van der Waals surface area contributed by atoms with E-state index in [4.69, 9.17) is 0 Å². The third-order valence-electron chi connectivity index (χ3n) is 3.57. The van der Waals surface area contributed by atoms with E-state index < -0.39 is 11.5 Å². The van der Waals surface area contributed by atoms with Crippen LogP contribution in [0.25, 0.3) is 11.3 Å². The van der Waals surface area contributed by atoms with E-state index in [0.717, 1.165) is 5.56 Å². The van der Waals surface area contributed by atoms with E-state index in [-0.39, 0.29) is 17.4 Å². The van der Waals surface area contributed by atoms with E-state index in [1.165, 1.54) is 36.8 Å². The first-order chi connectivity index (χ1) is 13.9. The smallest absolute Gasteiger partial charge is 0.387 e. The van der Waals surface area contributed by atoms with Crippen molar-refractivity contribution in [3.05, 3.63) is 64.6 Å². The van der Waals surface area contributed by atoms with Crippen LogP contribution in [0.4, 0.5) is 26.1 Å². The van der Waals surface area contributed by atoms with Gasteiger partial charge in [-0.2, -0.15) is 8.78 Å². The van der Waals surface area contributed by atoms with Gasteiger partial charge in [-0.3, -0.25) is 15.1 Å². The minimum absolute atomic E-state index is 0.0692. The lowest BCUT2D eigenvalue weighted by atomic mass is 10.2. The van der Waals surface area contributed by atoms with Crippen molar-refractivity contribution in [2.75, 3.05) is 5.32 Å². The van der Waals surface area contributed by atoms with E-state index in [0.29, 0.717) is 16.9 Å². The monoisotopic (exact) mass is 403 g/mol. The van der Waals surface area contributed by atoms with Gasteiger partial charge in [-0.1, -0.05) is 19.9 Å². The molecule has 0 amide bonds. The highest BCUT2D eigenvalue weighted by atomic mass is 19.3. The van der Waals surface area contributed by atoms with Crippen LogP contribution in [0.15, 0.2) is 48.9 Å². The van der Waals surface area contributed by atoms with Gasteiger partial charge in [-0.25, -0.2) is 9.97 Å². The minimum Gasteiger partial charge on any atom is -0.433 e. The second kappa shape index (κ2) is 10.0. The Hall–Kier alpha value is -3.69. The zero-order valence-electron chi connectivity index (χ0n) is 16.0. The molecule has 0 aliphatic heterocycles. The number of non-ortho nitro benzene ring substituents is 1. The summed E-state index contributed by atoms with van der Waals surface area (Å²) in [4.78, 5) is 22.7. The number of nitro benzene ring substituents is 1. The molecule has 0 saturated heterocycles. The highest BCUT2D eigenvalue weighted by Gasteiger charge is 2.11. The number of rotatable bonds is 6. The number of aromatic nitrogens is 3. The third-order valence-corrected chi connectivity index (χ3v) is 3.57. The topological polar surface area (TPSA) is 103 Å². The second-order valence-electron chi connectivity index (χ2n) is 5.43. The van der Waals surface area contributed by atoms with E-state index in [9.17, 15) is 18.9 Å². The lowest BCUT2D eigenvalue weighted by Crippen LogP contribution is -2.03. The Balaban J connectivity index is 0.00000145. The van der Waals surface area contributed by atoms with Gasteiger partial charge in [-0.05, 0) is 24.6 Å². The number of aryl methyl sites for hydroxylation is 1. The molecular formula is C19H19F2N5O3. The summed E-state index contributed by atoms with van der Waals surface area (Å²) in [5, 5.41) is 13.9. The van der Waals surface area contributed by atoms with Crippen molar-refractivity contribution in [3.63, 3.8) is 0 Å². The largest absolute Gasteiger partial charge is 0.433 e. The van der Waals surface area contributed by atoms with Crippen molar-refractivity contribution in [1.29, 1.82) is 0 Å². The lowest BCUT2D eigenvalue weighted by Gasteiger charge is -2.10.